The fourth-order valence-corrected chi connectivity index (χ4v) is 1.71. The van der Waals surface area contributed by atoms with Crippen LogP contribution in [0.5, 0.6) is 0 Å². The van der Waals surface area contributed by atoms with E-state index in [1.807, 2.05) is 0 Å². The molecule has 1 aromatic rings. The van der Waals surface area contributed by atoms with Gasteiger partial charge < -0.3 is 15.7 Å². The van der Waals surface area contributed by atoms with Crippen molar-refractivity contribution in [2.24, 2.45) is 5.92 Å². The normalized spacial score (nSPS) is 21.5. The van der Waals surface area contributed by atoms with Crippen molar-refractivity contribution in [1.82, 2.24) is 9.97 Å². The molecule has 0 aromatic carbocycles. The molecule has 1 aromatic heterocycles. The highest BCUT2D eigenvalue weighted by molar-refractivity contribution is 5.42. The zero-order valence-corrected chi connectivity index (χ0v) is 7.93. The molecule has 1 aliphatic heterocycles. The average molecular weight is 194 g/mol. The van der Waals surface area contributed by atoms with E-state index in [1.165, 1.54) is 6.20 Å². The molecule has 76 valence electrons. The third-order valence-corrected chi connectivity index (χ3v) is 2.51. The van der Waals surface area contributed by atoms with Gasteiger partial charge in [-0.1, -0.05) is 0 Å². The molecule has 0 aliphatic carbocycles. The second-order valence-corrected chi connectivity index (χ2v) is 3.59. The Morgan fingerprint density at radius 3 is 3.07 bits per heavy atom. The Morgan fingerprint density at radius 2 is 2.43 bits per heavy atom. The van der Waals surface area contributed by atoms with E-state index in [4.69, 9.17) is 10.8 Å². The van der Waals surface area contributed by atoms with E-state index in [9.17, 15) is 0 Å². The molecule has 0 amide bonds. The molecular weight excluding hydrogens is 180 g/mol. The van der Waals surface area contributed by atoms with Gasteiger partial charge in [0, 0.05) is 25.6 Å². The predicted octanol–water partition coefficient (Wildman–Crippen LogP) is -0.123. The zero-order valence-electron chi connectivity index (χ0n) is 7.93. The van der Waals surface area contributed by atoms with E-state index in [1.54, 1.807) is 6.20 Å². The first-order chi connectivity index (χ1) is 6.79. The smallest absolute Gasteiger partial charge is 0.149 e. The maximum atomic E-state index is 9.00. The van der Waals surface area contributed by atoms with Gasteiger partial charge in [-0.15, -0.1) is 0 Å². The van der Waals surface area contributed by atoms with E-state index in [0.29, 0.717) is 11.7 Å². The van der Waals surface area contributed by atoms with E-state index in [2.05, 4.69) is 14.9 Å². The molecule has 0 saturated carbocycles. The van der Waals surface area contributed by atoms with Crippen molar-refractivity contribution in [3.8, 4) is 0 Å². The molecule has 5 heteroatoms. The largest absolute Gasteiger partial charge is 0.396 e. The number of nitrogens with zero attached hydrogens (tertiary/aromatic N) is 3. The van der Waals surface area contributed by atoms with Crippen LogP contribution in [-0.4, -0.2) is 34.8 Å². The van der Waals surface area contributed by atoms with Crippen LogP contribution in [0.3, 0.4) is 0 Å². The van der Waals surface area contributed by atoms with Crippen molar-refractivity contribution in [2.75, 3.05) is 30.3 Å². The van der Waals surface area contributed by atoms with Crippen LogP contribution in [0, 0.1) is 5.92 Å². The Bertz CT molecular complexity index is 317. The summed E-state index contributed by atoms with van der Waals surface area (Å²) in [7, 11) is 0. The number of anilines is 2. The number of hydrogen-bond acceptors (Lipinski definition) is 5. The topological polar surface area (TPSA) is 75.3 Å². The molecule has 1 saturated heterocycles. The average Bonchev–Trinajstić information content (AvgIpc) is 2.66. The molecule has 1 fully saturated rings. The van der Waals surface area contributed by atoms with Gasteiger partial charge in [0.05, 0.1) is 12.4 Å². The van der Waals surface area contributed by atoms with E-state index in [0.717, 1.165) is 25.3 Å². The monoisotopic (exact) mass is 194 g/mol. The lowest BCUT2D eigenvalue weighted by atomic mass is 10.1. The van der Waals surface area contributed by atoms with Crippen molar-refractivity contribution < 1.29 is 5.11 Å². The second kappa shape index (κ2) is 3.79. The van der Waals surface area contributed by atoms with Gasteiger partial charge in [-0.3, -0.25) is 4.98 Å². The summed E-state index contributed by atoms with van der Waals surface area (Å²) in [6.45, 7) is 2.00. The highest BCUT2D eigenvalue weighted by Crippen LogP contribution is 2.21. The van der Waals surface area contributed by atoms with Gasteiger partial charge in [0.2, 0.25) is 0 Å². The van der Waals surface area contributed by atoms with Crippen LogP contribution < -0.4 is 10.6 Å². The minimum atomic E-state index is 0.242. The molecular formula is C9H14N4O. The summed E-state index contributed by atoms with van der Waals surface area (Å²) in [5, 5.41) is 9.00. The van der Waals surface area contributed by atoms with Gasteiger partial charge in [0.15, 0.2) is 0 Å². The zero-order chi connectivity index (χ0) is 9.97. The summed E-state index contributed by atoms with van der Waals surface area (Å²) < 4.78 is 0. The van der Waals surface area contributed by atoms with Crippen molar-refractivity contribution in [3.63, 3.8) is 0 Å². The summed E-state index contributed by atoms with van der Waals surface area (Å²) in [5.74, 6) is 1.61. The first-order valence-corrected chi connectivity index (χ1v) is 4.73. The predicted molar refractivity (Wildman–Crippen MR) is 53.9 cm³/mol. The third kappa shape index (κ3) is 1.77. The summed E-state index contributed by atoms with van der Waals surface area (Å²) >= 11 is 0. The van der Waals surface area contributed by atoms with Gasteiger partial charge in [-0.2, -0.15) is 0 Å². The van der Waals surface area contributed by atoms with Gasteiger partial charge >= 0.3 is 0 Å². The lowest BCUT2D eigenvalue weighted by Crippen LogP contribution is -2.22. The molecule has 5 nitrogen and oxygen atoms in total. The minimum Gasteiger partial charge on any atom is -0.396 e. The minimum absolute atomic E-state index is 0.242. The molecule has 0 bridgehead atoms. The van der Waals surface area contributed by atoms with E-state index in [-0.39, 0.29) is 6.61 Å². The number of aromatic nitrogens is 2. The maximum absolute atomic E-state index is 9.00. The lowest BCUT2D eigenvalue weighted by molar-refractivity contribution is 0.238. The summed E-state index contributed by atoms with van der Waals surface area (Å²) in [6.07, 6.45) is 4.24. The van der Waals surface area contributed by atoms with Crippen molar-refractivity contribution in [3.05, 3.63) is 12.4 Å². The molecule has 0 spiro atoms. The number of aliphatic hydroxyl groups excluding tert-OH is 1. The Morgan fingerprint density at radius 1 is 1.57 bits per heavy atom. The quantitative estimate of drug-likeness (QED) is 0.686. The fraction of sp³-hybridized carbons (Fsp3) is 0.556. The molecule has 0 unspecified atom stereocenters. The SMILES string of the molecule is Nc1cncc(N2CC[C@@H](CO)C2)n1. The van der Waals surface area contributed by atoms with Crippen LogP contribution in [0.15, 0.2) is 12.4 Å². The molecule has 1 aliphatic rings. The Hall–Kier alpha value is -1.36. The Labute approximate surface area is 82.6 Å². The standard InChI is InChI=1S/C9H14N4O/c10-8-3-11-4-9(12-8)13-2-1-7(5-13)6-14/h3-4,7,14H,1-2,5-6H2,(H2,10,12)/t7-/m1/s1. The first-order valence-electron chi connectivity index (χ1n) is 4.73. The Balaban J connectivity index is 2.09. The summed E-state index contributed by atoms with van der Waals surface area (Å²) in [5.41, 5.74) is 5.54. The highest BCUT2D eigenvalue weighted by Gasteiger charge is 2.22. The second-order valence-electron chi connectivity index (χ2n) is 3.59. The Kier molecular flexibility index (Phi) is 2.49. The number of nitrogens with two attached hydrogens (primary N) is 1. The molecule has 1 atom stereocenters. The van der Waals surface area contributed by atoms with Crippen molar-refractivity contribution in [1.29, 1.82) is 0 Å². The maximum Gasteiger partial charge on any atom is 0.149 e. The molecule has 2 rings (SSSR count). The number of aliphatic hydroxyl groups is 1. The first kappa shape index (κ1) is 9.21. The van der Waals surface area contributed by atoms with Crippen LogP contribution in [0.25, 0.3) is 0 Å². The van der Waals surface area contributed by atoms with Gasteiger partial charge in [0.25, 0.3) is 0 Å². The number of hydrogen-bond donors (Lipinski definition) is 2. The van der Waals surface area contributed by atoms with Gasteiger partial charge in [-0.05, 0) is 6.42 Å². The van der Waals surface area contributed by atoms with Gasteiger partial charge in [-0.25, -0.2) is 4.98 Å². The van der Waals surface area contributed by atoms with Gasteiger partial charge in [0.1, 0.15) is 11.6 Å². The molecule has 14 heavy (non-hydrogen) atoms. The van der Waals surface area contributed by atoms with Crippen LogP contribution >= 0.6 is 0 Å². The van der Waals surface area contributed by atoms with E-state index >= 15 is 0 Å². The van der Waals surface area contributed by atoms with Crippen molar-refractivity contribution in [2.45, 2.75) is 6.42 Å². The molecule has 3 N–H and O–H groups in total. The van der Waals surface area contributed by atoms with E-state index < -0.39 is 0 Å². The van der Waals surface area contributed by atoms with Crippen LogP contribution in [0.2, 0.25) is 0 Å². The number of nitrogen functional groups attached to an aromatic ring is 1. The summed E-state index contributed by atoms with van der Waals surface area (Å²) in [6, 6.07) is 0. The summed E-state index contributed by atoms with van der Waals surface area (Å²) in [4.78, 5) is 10.3. The molecule has 0 radical (unpaired) electrons. The number of rotatable bonds is 2. The van der Waals surface area contributed by atoms with Crippen LogP contribution in [0.1, 0.15) is 6.42 Å². The van der Waals surface area contributed by atoms with Crippen LogP contribution in [0.4, 0.5) is 11.6 Å². The highest BCUT2D eigenvalue weighted by atomic mass is 16.3. The van der Waals surface area contributed by atoms with Crippen LogP contribution in [-0.2, 0) is 0 Å². The third-order valence-electron chi connectivity index (χ3n) is 2.51. The molecule has 2 heterocycles. The fourth-order valence-electron chi connectivity index (χ4n) is 1.71. The van der Waals surface area contributed by atoms with Crippen molar-refractivity contribution >= 4 is 11.6 Å². The lowest BCUT2D eigenvalue weighted by Gasteiger charge is -2.16.